The summed E-state index contributed by atoms with van der Waals surface area (Å²) in [6.07, 6.45) is 8.86. The molecule has 1 nitrogen and oxygen atoms in total. The fourth-order valence-electron chi connectivity index (χ4n) is 7.19. The molecule has 0 fully saturated rings. The second-order valence-corrected chi connectivity index (χ2v) is 11.5. The van der Waals surface area contributed by atoms with E-state index in [1.54, 1.807) is 0 Å². The van der Waals surface area contributed by atoms with Gasteiger partial charge >= 0.3 is 0 Å². The van der Waals surface area contributed by atoms with Crippen LogP contribution in [-0.4, -0.2) is 0 Å². The molecule has 1 heterocycles. The lowest BCUT2D eigenvalue weighted by atomic mass is 9.83. The van der Waals surface area contributed by atoms with Crippen molar-refractivity contribution in [3.63, 3.8) is 0 Å². The molecule has 0 aliphatic heterocycles. The predicted octanol–water partition coefficient (Wildman–Crippen LogP) is 12.1. The van der Waals surface area contributed by atoms with Gasteiger partial charge in [-0.3, -0.25) is 0 Å². The molecule has 0 spiro atoms. The normalized spacial score (nSPS) is 13.4. The van der Waals surface area contributed by atoms with E-state index in [-0.39, 0.29) is 0 Å². The van der Waals surface area contributed by atoms with E-state index >= 15 is 0 Å². The average Bonchev–Trinajstić information content (AvgIpc) is 3.46. The second-order valence-electron chi connectivity index (χ2n) is 11.5. The molecule has 0 N–H and O–H groups in total. The Kier molecular flexibility index (Phi) is 5.39. The summed E-state index contributed by atoms with van der Waals surface area (Å²) >= 11 is 0. The van der Waals surface area contributed by atoms with Gasteiger partial charge in [0.15, 0.2) is 0 Å². The minimum Gasteiger partial charge on any atom is -0.455 e. The Labute approximate surface area is 250 Å². The van der Waals surface area contributed by atoms with Crippen LogP contribution in [0.4, 0.5) is 0 Å². The van der Waals surface area contributed by atoms with Crippen LogP contribution >= 0.6 is 0 Å². The van der Waals surface area contributed by atoms with Crippen LogP contribution in [0.25, 0.3) is 82.1 Å². The highest BCUT2D eigenvalue weighted by Gasteiger charge is 2.21. The number of allylic oxidation sites excluding steroid dienone is 4. The molecule has 0 bridgehead atoms. The largest absolute Gasteiger partial charge is 0.455 e. The molecule has 1 heteroatoms. The van der Waals surface area contributed by atoms with E-state index in [9.17, 15) is 0 Å². The number of hydrogen-bond donors (Lipinski definition) is 0. The first-order chi connectivity index (χ1) is 21.3. The number of furan rings is 1. The summed E-state index contributed by atoms with van der Waals surface area (Å²) in [5, 5.41) is 9.83. The van der Waals surface area contributed by atoms with Crippen molar-refractivity contribution in [3.05, 3.63) is 151 Å². The fourth-order valence-corrected chi connectivity index (χ4v) is 7.19. The molecule has 9 rings (SSSR count). The zero-order valence-electron chi connectivity index (χ0n) is 23.7. The number of benzene rings is 7. The van der Waals surface area contributed by atoms with Crippen molar-refractivity contribution < 1.29 is 4.42 Å². The molecule has 0 amide bonds. The molecule has 1 aromatic heterocycles. The van der Waals surface area contributed by atoms with Crippen molar-refractivity contribution in [2.75, 3.05) is 0 Å². The molecule has 1 aliphatic rings. The molecule has 0 saturated heterocycles. The first kappa shape index (κ1) is 24.2. The third kappa shape index (κ3) is 3.72. The van der Waals surface area contributed by atoms with Crippen molar-refractivity contribution >= 4 is 59.8 Å². The lowest BCUT2D eigenvalue weighted by Gasteiger charge is -2.20. The minimum absolute atomic E-state index is 0.922. The fraction of sp³-hybridized carbons (Fsp3) is 0.0476. The Balaban J connectivity index is 1.47. The van der Waals surface area contributed by atoms with Crippen LogP contribution in [-0.2, 0) is 0 Å². The molecule has 1 aliphatic carbocycles. The van der Waals surface area contributed by atoms with Crippen LogP contribution in [0, 0.1) is 0 Å². The van der Waals surface area contributed by atoms with Crippen molar-refractivity contribution in [3.8, 4) is 22.3 Å². The van der Waals surface area contributed by atoms with Gasteiger partial charge in [0, 0.05) is 21.9 Å². The van der Waals surface area contributed by atoms with Gasteiger partial charge in [-0.25, -0.2) is 0 Å². The van der Waals surface area contributed by atoms with E-state index in [2.05, 4.69) is 140 Å². The van der Waals surface area contributed by atoms with Gasteiger partial charge in [-0.15, -0.1) is 0 Å². The number of para-hydroxylation sites is 2. The standard InChI is InChI=1S/C42H28O/c1-2-12-27(13-3-1)29-24-25-35-38(26-29)41(37-22-11-21-36-31-17-8-9-23-39(31)43-42(36)37)34-19-7-6-18-33(34)40(35)32-20-10-15-28-14-4-5-16-30(28)32/h1-2,4-12,14-26H,3,13H2. The number of hydrogen-bond acceptors (Lipinski definition) is 1. The third-order valence-corrected chi connectivity index (χ3v) is 9.14. The molecule has 8 aromatic rings. The molecule has 202 valence electrons. The van der Waals surface area contributed by atoms with Gasteiger partial charge in [-0.2, -0.15) is 0 Å². The maximum Gasteiger partial charge on any atom is 0.143 e. The van der Waals surface area contributed by atoms with Crippen molar-refractivity contribution in [2.45, 2.75) is 12.8 Å². The number of rotatable bonds is 3. The highest BCUT2D eigenvalue weighted by molar-refractivity contribution is 6.26. The molecule has 0 saturated carbocycles. The SMILES string of the molecule is C1=CCCC(c2ccc3c(-c4cccc5ccccc45)c4ccccc4c(-c4cccc5c4oc4ccccc45)c3c2)=C1. The van der Waals surface area contributed by atoms with Gasteiger partial charge in [0.1, 0.15) is 11.2 Å². The van der Waals surface area contributed by atoms with Gasteiger partial charge in [0.2, 0.25) is 0 Å². The van der Waals surface area contributed by atoms with E-state index in [0.29, 0.717) is 0 Å². The van der Waals surface area contributed by atoms with E-state index < -0.39 is 0 Å². The van der Waals surface area contributed by atoms with Crippen LogP contribution in [0.5, 0.6) is 0 Å². The average molecular weight is 549 g/mol. The van der Waals surface area contributed by atoms with Gasteiger partial charge in [0.25, 0.3) is 0 Å². The molecular formula is C42H28O. The van der Waals surface area contributed by atoms with Crippen molar-refractivity contribution in [2.24, 2.45) is 0 Å². The van der Waals surface area contributed by atoms with Crippen LogP contribution < -0.4 is 0 Å². The summed E-state index contributed by atoms with van der Waals surface area (Å²) in [6, 6.07) is 46.4. The van der Waals surface area contributed by atoms with Crippen LogP contribution in [0.2, 0.25) is 0 Å². The molecule has 43 heavy (non-hydrogen) atoms. The van der Waals surface area contributed by atoms with Crippen LogP contribution in [0.1, 0.15) is 18.4 Å². The van der Waals surface area contributed by atoms with Crippen molar-refractivity contribution in [1.29, 1.82) is 0 Å². The molecular weight excluding hydrogens is 520 g/mol. The van der Waals surface area contributed by atoms with Gasteiger partial charge in [0.05, 0.1) is 0 Å². The highest BCUT2D eigenvalue weighted by Crippen LogP contribution is 2.48. The zero-order chi connectivity index (χ0) is 28.3. The first-order valence-corrected chi connectivity index (χ1v) is 15.1. The second kappa shape index (κ2) is 9.58. The quantitative estimate of drug-likeness (QED) is 0.200. The highest BCUT2D eigenvalue weighted by atomic mass is 16.3. The monoisotopic (exact) mass is 548 g/mol. The summed E-state index contributed by atoms with van der Waals surface area (Å²) in [4.78, 5) is 0. The van der Waals surface area contributed by atoms with E-state index in [0.717, 1.165) is 40.3 Å². The van der Waals surface area contributed by atoms with Gasteiger partial charge < -0.3 is 4.42 Å². The molecule has 7 aromatic carbocycles. The summed E-state index contributed by atoms with van der Waals surface area (Å²) in [5.74, 6) is 0. The minimum atomic E-state index is 0.922. The van der Waals surface area contributed by atoms with Crippen molar-refractivity contribution in [1.82, 2.24) is 0 Å². The first-order valence-electron chi connectivity index (χ1n) is 15.1. The Hall–Kier alpha value is -5.40. The molecule has 0 atom stereocenters. The molecule has 0 radical (unpaired) electrons. The number of fused-ring (bicyclic) bond motifs is 6. The van der Waals surface area contributed by atoms with Gasteiger partial charge in [-0.1, -0.05) is 133 Å². The Morgan fingerprint density at radius 1 is 0.488 bits per heavy atom. The Bertz CT molecular complexity index is 2450. The summed E-state index contributed by atoms with van der Waals surface area (Å²) < 4.78 is 6.63. The smallest absolute Gasteiger partial charge is 0.143 e. The summed E-state index contributed by atoms with van der Waals surface area (Å²) in [5.41, 5.74) is 9.45. The summed E-state index contributed by atoms with van der Waals surface area (Å²) in [6.45, 7) is 0. The topological polar surface area (TPSA) is 13.1 Å². The zero-order valence-corrected chi connectivity index (χ0v) is 23.7. The van der Waals surface area contributed by atoms with E-state index in [4.69, 9.17) is 4.42 Å². The van der Waals surface area contributed by atoms with Crippen LogP contribution in [0.15, 0.2) is 150 Å². The Morgan fingerprint density at radius 3 is 1.98 bits per heavy atom. The van der Waals surface area contributed by atoms with Gasteiger partial charge in [-0.05, 0) is 79.6 Å². The lowest BCUT2D eigenvalue weighted by Crippen LogP contribution is -1.94. The Morgan fingerprint density at radius 2 is 1.14 bits per heavy atom. The maximum absolute atomic E-state index is 6.63. The van der Waals surface area contributed by atoms with E-state index in [1.807, 2.05) is 6.07 Å². The van der Waals surface area contributed by atoms with Crippen LogP contribution in [0.3, 0.4) is 0 Å². The third-order valence-electron chi connectivity index (χ3n) is 9.14. The summed E-state index contributed by atoms with van der Waals surface area (Å²) in [7, 11) is 0. The predicted molar refractivity (Wildman–Crippen MR) is 183 cm³/mol. The van der Waals surface area contributed by atoms with E-state index in [1.165, 1.54) is 60.1 Å². The lowest BCUT2D eigenvalue weighted by molar-refractivity contribution is 0.670. The maximum atomic E-state index is 6.63. The molecule has 0 unspecified atom stereocenters.